The van der Waals surface area contributed by atoms with Crippen LogP contribution in [-0.2, 0) is 0 Å². The Hall–Kier alpha value is -0.160. The van der Waals surface area contributed by atoms with Gasteiger partial charge in [0.05, 0.1) is 0 Å². The summed E-state index contributed by atoms with van der Waals surface area (Å²) in [5.41, 5.74) is 0. The molecule has 4 heteroatoms. The minimum Gasteiger partial charge on any atom is -0.785 e. The van der Waals surface area contributed by atoms with E-state index in [0.29, 0.717) is 25.0 Å². The molecule has 0 aromatic carbocycles. The molecule has 98 valence electrons. The lowest BCUT2D eigenvalue weighted by atomic mass is 9.99. The van der Waals surface area contributed by atoms with Crippen LogP contribution in [0.4, 0.5) is 0 Å². The van der Waals surface area contributed by atoms with Crippen LogP contribution in [-0.4, -0.2) is 47.0 Å². The number of rotatable bonds is 3. The van der Waals surface area contributed by atoms with Gasteiger partial charge in [-0.15, -0.1) is 0 Å². The van der Waals surface area contributed by atoms with Gasteiger partial charge in [-0.2, -0.15) is 0 Å². The van der Waals surface area contributed by atoms with Crippen LogP contribution < -0.4 is 0 Å². The average Bonchev–Trinajstić information content (AvgIpc) is 3.07. The van der Waals surface area contributed by atoms with Crippen LogP contribution in [0.2, 0.25) is 0 Å². The van der Waals surface area contributed by atoms with Crippen LogP contribution >= 0.6 is 0 Å². The molecule has 0 radical (unpaired) electrons. The largest absolute Gasteiger partial charge is 0.785 e. The van der Waals surface area contributed by atoms with Crippen LogP contribution in [0.5, 0.6) is 0 Å². The van der Waals surface area contributed by atoms with Crippen molar-refractivity contribution >= 4 is 0 Å². The van der Waals surface area contributed by atoms with Crippen molar-refractivity contribution in [2.24, 2.45) is 11.8 Å². The van der Waals surface area contributed by atoms with Crippen molar-refractivity contribution in [1.29, 1.82) is 0 Å². The second-order valence-corrected chi connectivity index (χ2v) is 6.04. The van der Waals surface area contributed by atoms with E-state index in [1.54, 1.807) is 0 Å². The molecule has 1 N–H and O–H groups in total. The van der Waals surface area contributed by atoms with Crippen molar-refractivity contribution in [2.75, 3.05) is 19.6 Å². The number of nitrogens with zero attached hydrogens (tertiary/aromatic N) is 2. The predicted octanol–water partition coefficient (Wildman–Crippen LogP) is 1.39. The molecule has 3 rings (SSSR count). The maximum Gasteiger partial charge on any atom is 0.110 e. The van der Waals surface area contributed by atoms with E-state index in [1.807, 2.05) is 0 Å². The molecule has 0 aromatic rings. The first-order chi connectivity index (χ1) is 8.24. The van der Waals surface area contributed by atoms with E-state index in [1.165, 1.54) is 19.3 Å². The van der Waals surface area contributed by atoms with Crippen LogP contribution in [0.3, 0.4) is 0 Å². The summed E-state index contributed by atoms with van der Waals surface area (Å²) >= 11 is 0. The molecule has 2 saturated heterocycles. The number of hydrogen-bond donors (Lipinski definition) is 1. The van der Waals surface area contributed by atoms with Gasteiger partial charge < -0.3 is 15.4 Å². The zero-order valence-electron chi connectivity index (χ0n) is 10.4. The van der Waals surface area contributed by atoms with Gasteiger partial charge in [-0.3, -0.25) is 4.90 Å². The second-order valence-electron chi connectivity index (χ2n) is 6.04. The fourth-order valence-electron chi connectivity index (χ4n) is 3.46. The zero-order chi connectivity index (χ0) is 11.8. The molecule has 0 bridgehead atoms. The number of aliphatic hydroxyl groups is 1. The van der Waals surface area contributed by atoms with Crippen molar-refractivity contribution in [3.8, 4) is 0 Å². The molecule has 3 fully saturated rings. The lowest BCUT2D eigenvalue weighted by Crippen LogP contribution is -2.46. The number of piperidine rings is 1. The SMILES string of the molecule is [O-]N1CCC(N2CCC(CC3CC3)C2O)CC1. The minimum atomic E-state index is -0.237. The van der Waals surface area contributed by atoms with Gasteiger partial charge in [0, 0.05) is 12.6 Å². The van der Waals surface area contributed by atoms with Crippen molar-refractivity contribution in [2.45, 2.75) is 50.8 Å². The van der Waals surface area contributed by atoms with E-state index in [9.17, 15) is 10.3 Å². The molecule has 0 amide bonds. The highest BCUT2D eigenvalue weighted by atomic mass is 16.5. The third-order valence-electron chi connectivity index (χ3n) is 4.74. The van der Waals surface area contributed by atoms with Crippen molar-refractivity contribution in [1.82, 2.24) is 9.96 Å². The van der Waals surface area contributed by atoms with Gasteiger partial charge in [-0.1, -0.05) is 12.8 Å². The van der Waals surface area contributed by atoms with Crippen molar-refractivity contribution in [3.63, 3.8) is 0 Å². The normalized spacial score (nSPS) is 37.8. The fraction of sp³-hybridized carbons (Fsp3) is 1.00. The van der Waals surface area contributed by atoms with E-state index >= 15 is 0 Å². The van der Waals surface area contributed by atoms with Gasteiger partial charge in [0.2, 0.25) is 0 Å². The summed E-state index contributed by atoms with van der Waals surface area (Å²) in [6.45, 7) is 2.31. The topological polar surface area (TPSA) is 49.8 Å². The Bertz CT molecular complexity index is 262. The molecule has 2 unspecified atom stereocenters. The molecule has 3 aliphatic rings. The Labute approximate surface area is 103 Å². The van der Waals surface area contributed by atoms with Crippen molar-refractivity contribution in [3.05, 3.63) is 5.21 Å². The Morgan fingerprint density at radius 3 is 2.35 bits per heavy atom. The van der Waals surface area contributed by atoms with Crippen LogP contribution in [0, 0.1) is 17.0 Å². The Balaban J connectivity index is 1.53. The Morgan fingerprint density at radius 2 is 1.71 bits per heavy atom. The highest BCUT2D eigenvalue weighted by Crippen LogP contribution is 2.40. The van der Waals surface area contributed by atoms with E-state index in [0.717, 1.165) is 36.8 Å². The summed E-state index contributed by atoms with van der Waals surface area (Å²) in [6, 6.07) is 0.444. The molecular formula is C13H23N2O2-. The molecule has 1 saturated carbocycles. The predicted molar refractivity (Wildman–Crippen MR) is 66.1 cm³/mol. The summed E-state index contributed by atoms with van der Waals surface area (Å²) in [5.74, 6) is 1.39. The van der Waals surface area contributed by atoms with Gasteiger partial charge in [0.1, 0.15) is 6.23 Å². The first-order valence-corrected chi connectivity index (χ1v) is 7.10. The van der Waals surface area contributed by atoms with Gasteiger partial charge in [-0.05, 0) is 50.6 Å². The lowest BCUT2D eigenvalue weighted by molar-refractivity contribution is -0.0323. The smallest absolute Gasteiger partial charge is 0.110 e. The summed E-state index contributed by atoms with van der Waals surface area (Å²) < 4.78 is 0. The van der Waals surface area contributed by atoms with Crippen LogP contribution in [0.25, 0.3) is 0 Å². The summed E-state index contributed by atoms with van der Waals surface area (Å²) in [7, 11) is 0. The number of aliphatic hydroxyl groups excluding tert-OH is 1. The van der Waals surface area contributed by atoms with Gasteiger partial charge in [0.15, 0.2) is 0 Å². The van der Waals surface area contributed by atoms with Gasteiger partial charge >= 0.3 is 0 Å². The lowest BCUT2D eigenvalue weighted by Gasteiger charge is -2.41. The van der Waals surface area contributed by atoms with E-state index < -0.39 is 0 Å². The Kier molecular flexibility index (Phi) is 3.39. The molecule has 17 heavy (non-hydrogen) atoms. The monoisotopic (exact) mass is 239 g/mol. The van der Waals surface area contributed by atoms with Crippen molar-refractivity contribution < 1.29 is 5.11 Å². The van der Waals surface area contributed by atoms with Gasteiger partial charge in [-0.25, -0.2) is 0 Å². The molecule has 2 aliphatic heterocycles. The second kappa shape index (κ2) is 4.84. The zero-order valence-corrected chi connectivity index (χ0v) is 10.4. The third-order valence-corrected chi connectivity index (χ3v) is 4.74. The first-order valence-electron chi connectivity index (χ1n) is 7.10. The maximum atomic E-state index is 11.2. The third kappa shape index (κ3) is 2.65. The molecule has 2 atom stereocenters. The average molecular weight is 239 g/mol. The van der Waals surface area contributed by atoms with E-state index in [2.05, 4.69) is 4.90 Å². The Morgan fingerprint density at radius 1 is 1.00 bits per heavy atom. The van der Waals surface area contributed by atoms with Crippen LogP contribution in [0.1, 0.15) is 38.5 Å². The first kappa shape index (κ1) is 11.9. The molecule has 4 nitrogen and oxygen atoms in total. The molecule has 2 heterocycles. The van der Waals surface area contributed by atoms with E-state index in [-0.39, 0.29) is 6.23 Å². The highest BCUT2D eigenvalue weighted by Gasteiger charge is 2.39. The molecule has 1 aliphatic carbocycles. The molecular weight excluding hydrogens is 216 g/mol. The van der Waals surface area contributed by atoms with Crippen LogP contribution in [0.15, 0.2) is 0 Å². The summed E-state index contributed by atoms with van der Waals surface area (Å²) in [4.78, 5) is 2.26. The molecule has 0 spiro atoms. The number of likely N-dealkylation sites (tertiary alicyclic amines) is 1. The van der Waals surface area contributed by atoms with E-state index in [4.69, 9.17) is 0 Å². The number of hydroxylamine groups is 2. The molecule has 0 aromatic heterocycles. The highest BCUT2D eigenvalue weighted by molar-refractivity contribution is 4.90. The number of hydrogen-bond acceptors (Lipinski definition) is 4. The summed E-state index contributed by atoms with van der Waals surface area (Å²) in [6.07, 6.45) is 6.73. The van der Waals surface area contributed by atoms with Gasteiger partial charge in [0.25, 0.3) is 0 Å². The summed E-state index contributed by atoms with van der Waals surface area (Å²) in [5, 5.41) is 22.7. The quantitative estimate of drug-likeness (QED) is 0.808. The maximum absolute atomic E-state index is 11.2. The minimum absolute atomic E-state index is 0.237. The standard InChI is InChI=1S/C13H23N2O2/c16-13-11(9-10-1-2-10)3-8-15(13)12-4-6-14(17)7-5-12/h10-13,16H,1-9H2/q-1. The fourth-order valence-corrected chi connectivity index (χ4v) is 3.46.